The van der Waals surface area contributed by atoms with Crippen LogP contribution >= 0.6 is 0 Å². The second kappa shape index (κ2) is 7.60. The number of hydrogen-bond donors (Lipinski definition) is 2. The lowest BCUT2D eigenvalue weighted by Gasteiger charge is -2.35. The zero-order chi connectivity index (χ0) is 17.9. The standard InChI is InChI=1S/C22H27N3O/c1-16-7-5-6-10-19(16)20(17-8-3-2-4-9-17)13-22(26)25-12-11-21-18(15-25)14-23-24-21/h2-10,18,20-21,23-24H,11-15H2,1H3. The fourth-order valence-electron chi connectivity index (χ4n) is 4.35. The van der Waals surface area contributed by atoms with E-state index in [2.05, 4.69) is 71.2 Å². The summed E-state index contributed by atoms with van der Waals surface area (Å²) in [5.74, 6) is 0.913. The topological polar surface area (TPSA) is 44.4 Å². The van der Waals surface area contributed by atoms with Gasteiger partial charge in [-0.3, -0.25) is 15.6 Å². The molecule has 2 aliphatic heterocycles. The third kappa shape index (κ3) is 3.53. The second-order valence-electron chi connectivity index (χ2n) is 7.54. The fraction of sp³-hybridized carbons (Fsp3) is 0.409. The van der Waals surface area contributed by atoms with Crippen molar-refractivity contribution in [3.8, 4) is 0 Å². The van der Waals surface area contributed by atoms with Crippen LogP contribution in [0, 0.1) is 12.8 Å². The van der Waals surface area contributed by atoms with E-state index in [0.29, 0.717) is 18.4 Å². The van der Waals surface area contributed by atoms with E-state index in [9.17, 15) is 4.79 Å². The van der Waals surface area contributed by atoms with Crippen molar-refractivity contribution in [1.82, 2.24) is 15.8 Å². The van der Waals surface area contributed by atoms with Crippen LogP contribution < -0.4 is 10.9 Å². The van der Waals surface area contributed by atoms with Crippen molar-refractivity contribution >= 4 is 5.91 Å². The van der Waals surface area contributed by atoms with Crippen LogP contribution in [-0.4, -0.2) is 36.5 Å². The molecule has 2 aromatic carbocycles. The molecule has 2 heterocycles. The van der Waals surface area contributed by atoms with Crippen LogP contribution in [-0.2, 0) is 4.79 Å². The molecule has 0 aromatic heterocycles. The number of carbonyl (C=O) groups is 1. The number of benzene rings is 2. The summed E-state index contributed by atoms with van der Waals surface area (Å²) in [6.45, 7) is 4.80. The number of piperidine rings is 1. The Labute approximate surface area is 155 Å². The number of fused-ring (bicyclic) bond motifs is 1. The number of rotatable bonds is 4. The summed E-state index contributed by atoms with van der Waals surface area (Å²) in [5, 5.41) is 0. The van der Waals surface area contributed by atoms with Gasteiger partial charge in [-0.2, -0.15) is 0 Å². The Kier molecular flexibility index (Phi) is 5.05. The summed E-state index contributed by atoms with van der Waals surface area (Å²) in [6, 6.07) is 19.4. The van der Waals surface area contributed by atoms with Crippen LogP contribution in [0.5, 0.6) is 0 Å². The molecule has 4 heteroatoms. The van der Waals surface area contributed by atoms with Crippen LogP contribution in [0.1, 0.15) is 35.4 Å². The van der Waals surface area contributed by atoms with E-state index < -0.39 is 0 Å². The lowest BCUT2D eigenvalue weighted by Crippen LogP contribution is -2.47. The zero-order valence-electron chi connectivity index (χ0n) is 15.3. The molecule has 4 rings (SSSR count). The monoisotopic (exact) mass is 349 g/mol. The molecule has 0 aliphatic carbocycles. The van der Waals surface area contributed by atoms with Gasteiger partial charge in [-0.05, 0) is 30.0 Å². The minimum Gasteiger partial charge on any atom is -0.342 e. The lowest BCUT2D eigenvalue weighted by atomic mass is 9.85. The van der Waals surface area contributed by atoms with Gasteiger partial charge in [0.25, 0.3) is 0 Å². The zero-order valence-corrected chi connectivity index (χ0v) is 15.3. The Bertz CT molecular complexity index is 761. The van der Waals surface area contributed by atoms with Crippen LogP contribution in [0.4, 0.5) is 0 Å². The Morgan fingerprint density at radius 3 is 2.73 bits per heavy atom. The predicted molar refractivity (Wildman–Crippen MR) is 104 cm³/mol. The molecule has 1 amide bonds. The summed E-state index contributed by atoms with van der Waals surface area (Å²) in [5.41, 5.74) is 10.3. The van der Waals surface area contributed by atoms with Crippen molar-refractivity contribution in [3.05, 3.63) is 71.3 Å². The van der Waals surface area contributed by atoms with E-state index in [1.807, 2.05) is 6.07 Å². The number of carbonyl (C=O) groups excluding carboxylic acids is 1. The van der Waals surface area contributed by atoms with Gasteiger partial charge in [0.15, 0.2) is 0 Å². The molecule has 2 N–H and O–H groups in total. The first kappa shape index (κ1) is 17.3. The average molecular weight is 349 g/mol. The highest BCUT2D eigenvalue weighted by molar-refractivity contribution is 5.78. The third-order valence-corrected chi connectivity index (χ3v) is 5.88. The minimum absolute atomic E-state index is 0.113. The largest absolute Gasteiger partial charge is 0.342 e. The molecule has 3 atom stereocenters. The highest BCUT2D eigenvalue weighted by Crippen LogP contribution is 2.31. The lowest BCUT2D eigenvalue weighted by molar-refractivity contribution is -0.133. The first-order valence-electron chi connectivity index (χ1n) is 9.59. The molecule has 4 nitrogen and oxygen atoms in total. The SMILES string of the molecule is Cc1ccccc1C(CC(=O)N1CCC2NNCC2C1)c1ccccc1. The summed E-state index contributed by atoms with van der Waals surface area (Å²) in [6.07, 6.45) is 1.57. The number of hydrazine groups is 1. The maximum absolute atomic E-state index is 13.1. The number of likely N-dealkylation sites (tertiary alicyclic amines) is 1. The van der Waals surface area contributed by atoms with Crippen LogP contribution in [0.15, 0.2) is 54.6 Å². The maximum atomic E-state index is 13.1. The molecule has 136 valence electrons. The van der Waals surface area contributed by atoms with Gasteiger partial charge < -0.3 is 4.90 Å². The first-order valence-corrected chi connectivity index (χ1v) is 9.59. The van der Waals surface area contributed by atoms with Gasteiger partial charge in [-0.25, -0.2) is 0 Å². The quantitative estimate of drug-likeness (QED) is 0.892. The smallest absolute Gasteiger partial charge is 0.223 e. The number of nitrogens with one attached hydrogen (secondary N) is 2. The molecular formula is C22H27N3O. The maximum Gasteiger partial charge on any atom is 0.223 e. The van der Waals surface area contributed by atoms with Gasteiger partial charge >= 0.3 is 0 Å². The van der Waals surface area contributed by atoms with Crippen LogP contribution in [0.3, 0.4) is 0 Å². The highest BCUT2D eigenvalue weighted by atomic mass is 16.2. The molecule has 2 fully saturated rings. The van der Waals surface area contributed by atoms with Crippen molar-refractivity contribution in [1.29, 1.82) is 0 Å². The Morgan fingerprint density at radius 1 is 1.15 bits per heavy atom. The van der Waals surface area contributed by atoms with Crippen molar-refractivity contribution in [2.24, 2.45) is 5.92 Å². The number of aryl methyl sites for hydroxylation is 1. The Hall–Kier alpha value is -2.17. The Morgan fingerprint density at radius 2 is 1.92 bits per heavy atom. The molecule has 0 radical (unpaired) electrons. The van der Waals surface area contributed by atoms with E-state index in [-0.39, 0.29) is 11.8 Å². The molecule has 2 aliphatic rings. The molecule has 0 spiro atoms. The summed E-state index contributed by atoms with van der Waals surface area (Å²) >= 11 is 0. The number of amides is 1. The summed E-state index contributed by atoms with van der Waals surface area (Å²) < 4.78 is 0. The van der Waals surface area contributed by atoms with Crippen LogP contribution in [0.25, 0.3) is 0 Å². The van der Waals surface area contributed by atoms with Crippen molar-refractivity contribution in [2.75, 3.05) is 19.6 Å². The van der Waals surface area contributed by atoms with Crippen molar-refractivity contribution < 1.29 is 4.79 Å². The molecule has 0 saturated carbocycles. The first-order chi connectivity index (χ1) is 12.7. The van der Waals surface area contributed by atoms with Gasteiger partial charge in [0.1, 0.15) is 0 Å². The van der Waals surface area contributed by atoms with Gasteiger partial charge in [-0.15, -0.1) is 0 Å². The third-order valence-electron chi connectivity index (χ3n) is 5.88. The minimum atomic E-state index is 0.113. The fourth-order valence-corrected chi connectivity index (χ4v) is 4.35. The van der Waals surface area contributed by atoms with E-state index in [1.165, 1.54) is 16.7 Å². The average Bonchev–Trinajstić information content (AvgIpc) is 3.15. The molecule has 26 heavy (non-hydrogen) atoms. The summed E-state index contributed by atoms with van der Waals surface area (Å²) in [7, 11) is 0. The van der Waals surface area contributed by atoms with Gasteiger partial charge in [-0.1, -0.05) is 54.6 Å². The predicted octanol–water partition coefficient (Wildman–Crippen LogP) is 2.84. The van der Waals surface area contributed by atoms with E-state index >= 15 is 0 Å². The molecular weight excluding hydrogens is 322 g/mol. The number of hydrogen-bond acceptors (Lipinski definition) is 3. The highest BCUT2D eigenvalue weighted by Gasteiger charge is 2.35. The number of nitrogens with zero attached hydrogens (tertiary/aromatic N) is 1. The van der Waals surface area contributed by atoms with E-state index in [0.717, 1.165) is 26.1 Å². The van der Waals surface area contributed by atoms with Gasteiger partial charge in [0.05, 0.1) is 0 Å². The Balaban J connectivity index is 1.55. The normalized spacial score (nSPS) is 23.5. The molecule has 2 aromatic rings. The molecule has 2 saturated heterocycles. The molecule has 3 unspecified atom stereocenters. The molecule has 0 bridgehead atoms. The summed E-state index contributed by atoms with van der Waals surface area (Å²) in [4.78, 5) is 15.2. The second-order valence-corrected chi connectivity index (χ2v) is 7.54. The van der Waals surface area contributed by atoms with Crippen LogP contribution in [0.2, 0.25) is 0 Å². The van der Waals surface area contributed by atoms with E-state index in [1.54, 1.807) is 0 Å². The van der Waals surface area contributed by atoms with Gasteiger partial charge in [0.2, 0.25) is 5.91 Å². The van der Waals surface area contributed by atoms with Crippen molar-refractivity contribution in [2.45, 2.75) is 31.7 Å². The van der Waals surface area contributed by atoms with Gasteiger partial charge in [0, 0.05) is 43.9 Å². The van der Waals surface area contributed by atoms with E-state index in [4.69, 9.17) is 0 Å². The van der Waals surface area contributed by atoms with Crippen molar-refractivity contribution in [3.63, 3.8) is 0 Å².